The molecule has 0 aliphatic heterocycles. The molecule has 0 aliphatic rings. The number of fused-ring (bicyclic) bond motifs is 1. The van der Waals surface area contributed by atoms with Crippen LogP contribution in [-0.2, 0) is 0 Å². The molecule has 0 aliphatic carbocycles. The Kier molecular flexibility index (Phi) is 3.02. The molecule has 1 nitrogen and oxygen atoms in total. The molecule has 0 saturated heterocycles. The van der Waals surface area contributed by atoms with Crippen LogP contribution in [0.4, 0.5) is 13.2 Å². The Morgan fingerprint density at radius 1 is 1.06 bits per heavy atom. The van der Waals surface area contributed by atoms with E-state index < -0.39 is 12.3 Å². The van der Waals surface area contributed by atoms with Gasteiger partial charge in [0.2, 0.25) is 0 Å². The van der Waals surface area contributed by atoms with Crippen molar-refractivity contribution >= 4 is 22.4 Å². The zero-order valence-corrected chi connectivity index (χ0v) is 9.26. The van der Waals surface area contributed by atoms with Crippen molar-refractivity contribution in [3.63, 3.8) is 0 Å². The molecule has 1 unspecified atom stereocenters. The average molecular weight is 261 g/mol. The van der Waals surface area contributed by atoms with E-state index >= 15 is 0 Å². The van der Waals surface area contributed by atoms with E-state index in [1.165, 1.54) is 18.2 Å². The van der Waals surface area contributed by atoms with E-state index in [4.69, 9.17) is 11.6 Å². The van der Waals surface area contributed by atoms with Crippen LogP contribution in [0, 0.1) is 0 Å². The van der Waals surface area contributed by atoms with Gasteiger partial charge in [-0.3, -0.25) is 0 Å². The molecule has 2 aromatic carbocycles. The van der Waals surface area contributed by atoms with Gasteiger partial charge in [0.1, 0.15) is 0 Å². The molecule has 0 heterocycles. The molecule has 0 saturated carbocycles. The minimum Gasteiger partial charge on any atom is -0.379 e. The zero-order valence-electron chi connectivity index (χ0n) is 8.50. The smallest absolute Gasteiger partial charge is 0.379 e. The van der Waals surface area contributed by atoms with Gasteiger partial charge in [-0.25, -0.2) is 0 Å². The third kappa shape index (κ3) is 2.23. The summed E-state index contributed by atoms with van der Waals surface area (Å²) in [7, 11) is 0. The van der Waals surface area contributed by atoms with Crippen molar-refractivity contribution in [2.75, 3.05) is 0 Å². The summed E-state index contributed by atoms with van der Waals surface area (Å²) in [6.45, 7) is 0. The van der Waals surface area contributed by atoms with Crippen molar-refractivity contribution in [1.29, 1.82) is 0 Å². The van der Waals surface area contributed by atoms with E-state index in [0.717, 1.165) is 0 Å². The van der Waals surface area contributed by atoms with Crippen LogP contribution < -0.4 is 0 Å². The molecule has 90 valence electrons. The van der Waals surface area contributed by atoms with Gasteiger partial charge >= 0.3 is 6.18 Å². The van der Waals surface area contributed by atoms with E-state index in [0.29, 0.717) is 5.39 Å². The highest BCUT2D eigenvalue weighted by atomic mass is 35.5. The second-order valence-corrected chi connectivity index (χ2v) is 4.04. The normalized spacial score (nSPS) is 13.9. The van der Waals surface area contributed by atoms with Crippen LogP contribution in [0.1, 0.15) is 11.7 Å². The fourth-order valence-corrected chi connectivity index (χ4v) is 2.02. The Bertz CT molecular complexity index is 546. The number of aliphatic hydroxyl groups excluding tert-OH is 1. The summed E-state index contributed by atoms with van der Waals surface area (Å²) in [5.41, 5.74) is -0.222. The van der Waals surface area contributed by atoms with Crippen LogP contribution in [0.5, 0.6) is 0 Å². The van der Waals surface area contributed by atoms with Gasteiger partial charge in [0, 0.05) is 10.4 Å². The number of hydrogen-bond donors (Lipinski definition) is 1. The molecule has 0 fully saturated rings. The summed E-state index contributed by atoms with van der Waals surface area (Å²) in [5.74, 6) is 0. The summed E-state index contributed by atoms with van der Waals surface area (Å²) in [5, 5.41) is 10.3. The molecule has 2 aromatic rings. The molecule has 0 bridgehead atoms. The van der Waals surface area contributed by atoms with Crippen LogP contribution in [0.3, 0.4) is 0 Å². The molecule has 1 N–H and O–H groups in total. The van der Waals surface area contributed by atoms with Crippen LogP contribution >= 0.6 is 11.6 Å². The van der Waals surface area contributed by atoms with Gasteiger partial charge in [-0.15, -0.1) is 0 Å². The van der Waals surface area contributed by atoms with Crippen LogP contribution in [-0.4, -0.2) is 11.3 Å². The predicted molar refractivity (Wildman–Crippen MR) is 60.0 cm³/mol. The Morgan fingerprint density at radius 2 is 1.65 bits per heavy atom. The largest absolute Gasteiger partial charge is 0.418 e. The molecule has 0 aromatic heterocycles. The van der Waals surface area contributed by atoms with E-state index in [-0.39, 0.29) is 16.0 Å². The summed E-state index contributed by atoms with van der Waals surface area (Å²) in [6, 6.07) is 9.13. The number of benzene rings is 2. The minimum atomic E-state index is -4.70. The van der Waals surface area contributed by atoms with E-state index in [2.05, 4.69) is 0 Å². The Labute approximate surface area is 100 Å². The fraction of sp³-hybridized carbons (Fsp3) is 0.167. The second-order valence-electron chi connectivity index (χ2n) is 3.63. The Hall–Kier alpha value is -1.26. The van der Waals surface area contributed by atoms with Crippen LogP contribution in [0.25, 0.3) is 10.8 Å². The van der Waals surface area contributed by atoms with Gasteiger partial charge in [-0.2, -0.15) is 13.2 Å². The first-order valence-electron chi connectivity index (χ1n) is 4.83. The number of aliphatic hydroxyl groups is 1. The molecule has 1 atom stereocenters. The molecular formula is C12H8ClF3O. The maximum absolute atomic E-state index is 12.5. The Morgan fingerprint density at radius 3 is 2.24 bits per heavy atom. The van der Waals surface area contributed by atoms with Gasteiger partial charge < -0.3 is 5.11 Å². The van der Waals surface area contributed by atoms with Gasteiger partial charge in [0.05, 0.1) is 0 Å². The first-order valence-corrected chi connectivity index (χ1v) is 5.21. The summed E-state index contributed by atoms with van der Waals surface area (Å²) in [6.07, 6.45) is -7.22. The minimum absolute atomic E-state index is 0.196. The van der Waals surface area contributed by atoms with Gasteiger partial charge in [-0.1, -0.05) is 41.9 Å². The summed E-state index contributed by atoms with van der Waals surface area (Å²) >= 11 is 5.88. The summed E-state index contributed by atoms with van der Waals surface area (Å²) in [4.78, 5) is 0. The van der Waals surface area contributed by atoms with Crippen molar-refractivity contribution in [2.24, 2.45) is 0 Å². The highest BCUT2D eigenvalue weighted by Gasteiger charge is 2.40. The van der Waals surface area contributed by atoms with Crippen LogP contribution in [0.15, 0.2) is 36.4 Å². The maximum Gasteiger partial charge on any atom is 0.418 e. The Balaban J connectivity index is 2.70. The average Bonchev–Trinajstić information content (AvgIpc) is 2.26. The lowest BCUT2D eigenvalue weighted by Gasteiger charge is -2.17. The molecular weight excluding hydrogens is 253 g/mol. The topological polar surface area (TPSA) is 20.2 Å². The van der Waals surface area contributed by atoms with Gasteiger partial charge in [-0.05, 0) is 17.0 Å². The van der Waals surface area contributed by atoms with Gasteiger partial charge in [0.15, 0.2) is 6.10 Å². The lowest BCUT2D eigenvalue weighted by atomic mass is 10.00. The summed E-state index contributed by atoms with van der Waals surface area (Å²) < 4.78 is 37.5. The SMILES string of the molecule is OC(c1cccc2cccc(Cl)c12)C(F)(F)F. The number of halogens is 4. The first-order chi connectivity index (χ1) is 7.91. The van der Waals surface area contributed by atoms with Gasteiger partial charge in [0.25, 0.3) is 0 Å². The van der Waals surface area contributed by atoms with Crippen molar-refractivity contribution < 1.29 is 18.3 Å². The molecule has 0 radical (unpaired) electrons. The third-order valence-electron chi connectivity index (χ3n) is 2.49. The predicted octanol–water partition coefficient (Wildman–Crippen LogP) is 4.09. The highest BCUT2D eigenvalue weighted by Crippen LogP contribution is 2.38. The molecule has 17 heavy (non-hydrogen) atoms. The van der Waals surface area contributed by atoms with E-state index in [1.54, 1.807) is 18.2 Å². The zero-order chi connectivity index (χ0) is 12.6. The molecule has 5 heteroatoms. The molecule has 0 spiro atoms. The fourth-order valence-electron chi connectivity index (χ4n) is 1.73. The van der Waals surface area contributed by atoms with E-state index in [9.17, 15) is 18.3 Å². The second kappa shape index (κ2) is 4.20. The standard InChI is InChI=1S/C12H8ClF3O/c13-9-6-2-4-7-3-1-5-8(10(7)9)11(17)12(14,15)16/h1-6,11,17H. The number of rotatable bonds is 1. The molecule has 2 rings (SSSR count). The van der Waals surface area contributed by atoms with Crippen molar-refractivity contribution in [3.05, 3.63) is 47.0 Å². The highest BCUT2D eigenvalue weighted by molar-refractivity contribution is 6.35. The number of alkyl halides is 3. The van der Waals surface area contributed by atoms with Crippen LogP contribution in [0.2, 0.25) is 5.02 Å². The third-order valence-corrected chi connectivity index (χ3v) is 2.81. The quantitative estimate of drug-likeness (QED) is 0.819. The first kappa shape index (κ1) is 12.2. The lowest BCUT2D eigenvalue weighted by Crippen LogP contribution is -2.20. The molecule has 0 amide bonds. The van der Waals surface area contributed by atoms with Crippen molar-refractivity contribution in [3.8, 4) is 0 Å². The lowest BCUT2D eigenvalue weighted by molar-refractivity contribution is -0.206. The monoisotopic (exact) mass is 260 g/mol. The van der Waals surface area contributed by atoms with E-state index in [1.807, 2.05) is 0 Å². The maximum atomic E-state index is 12.5. The van der Waals surface area contributed by atoms with Crippen molar-refractivity contribution in [2.45, 2.75) is 12.3 Å². The number of hydrogen-bond acceptors (Lipinski definition) is 1. The van der Waals surface area contributed by atoms with Crippen molar-refractivity contribution in [1.82, 2.24) is 0 Å².